The summed E-state index contributed by atoms with van der Waals surface area (Å²) in [7, 11) is 0. The molecule has 0 radical (unpaired) electrons. The molecule has 2 rings (SSSR count). The Labute approximate surface area is 92.4 Å². The van der Waals surface area contributed by atoms with Gasteiger partial charge in [-0.2, -0.15) is 0 Å². The molecule has 4 nitrogen and oxygen atoms in total. The second-order valence-electron chi connectivity index (χ2n) is 3.49. The van der Waals surface area contributed by atoms with Crippen LogP contribution in [-0.2, 0) is 6.54 Å². The lowest BCUT2D eigenvalue weighted by molar-refractivity contribution is 0.0685. The summed E-state index contributed by atoms with van der Waals surface area (Å²) >= 11 is 0. The van der Waals surface area contributed by atoms with E-state index in [-0.39, 0.29) is 11.4 Å². The standard InChI is InChI=1S/C12H11NO3/c14-10-5-3-9(4-6-10)8-13-7-1-2-11(13)12(15)16/h1-7,14H,8H2,(H,15,16). The molecule has 0 aliphatic heterocycles. The molecule has 0 aliphatic carbocycles. The predicted octanol–water partition coefficient (Wildman–Crippen LogP) is 1.94. The van der Waals surface area contributed by atoms with Gasteiger partial charge in [0.1, 0.15) is 11.4 Å². The zero-order valence-electron chi connectivity index (χ0n) is 8.50. The number of hydrogen-bond acceptors (Lipinski definition) is 2. The predicted molar refractivity (Wildman–Crippen MR) is 58.6 cm³/mol. The van der Waals surface area contributed by atoms with Crippen molar-refractivity contribution < 1.29 is 15.0 Å². The van der Waals surface area contributed by atoms with E-state index >= 15 is 0 Å². The lowest BCUT2D eigenvalue weighted by atomic mass is 10.2. The van der Waals surface area contributed by atoms with Gasteiger partial charge in [-0.15, -0.1) is 0 Å². The highest BCUT2D eigenvalue weighted by Gasteiger charge is 2.08. The van der Waals surface area contributed by atoms with E-state index in [4.69, 9.17) is 10.2 Å². The van der Waals surface area contributed by atoms with E-state index in [2.05, 4.69) is 0 Å². The molecule has 0 amide bonds. The summed E-state index contributed by atoms with van der Waals surface area (Å²) in [5, 5.41) is 18.0. The summed E-state index contributed by atoms with van der Waals surface area (Å²) in [4.78, 5) is 10.9. The maximum Gasteiger partial charge on any atom is 0.352 e. The first-order chi connectivity index (χ1) is 7.66. The van der Waals surface area contributed by atoms with Crippen LogP contribution in [0.15, 0.2) is 42.6 Å². The summed E-state index contributed by atoms with van der Waals surface area (Å²) < 4.78 is 1.65. The Morgan fingerprint density at radius 3 is 2.50 bits per heavy atom. The lowest BCUT2D eigenvalue weighted by Gasteiger charge is -2.06. The monoisotopic (exact) mass is 217 g/mol. The third kappa shape index (κ3) is 2.06. The van der Waals surface area contributed by atoms with Crippen molar-refractivity contribution in [1.82, 2.24) is 4.57 Å². The molecule has 0 atom stereocenters. The molecule has 0 saturated heterocycles. The Morgan fingerprint density at radius 2 is 1.88 bits per heavy atom. The van der Waals surface area contributed by atoms with Crippen LogP contribution in [0.4, 0.5) is 0 Å². The van der Waals surface area contributed by atoms with Gasteiger partial charge in [0, 0.05) is 12.7 Å². The van der Waals surface area contributed by atoms with Crippen molar-refractivity contribution in [3.8, 4) is 5.75 Å². The number of aromatic hydroxyl groups is 1. The Morgan fingerprint density at radius 1 is 1.19 bits per heavy atom. The van der Waals surface area contributed by atoms with E-state index in [1.807, 2.05) is 0 Å². The Kier molecular flexibility index (Phi) is 2.64. The fraction of sp³-hybridized carbons (Fsp3) is 0.0833. The Balaban J connectivity index is 2.23. The number of hydrogen-bond donors (Lipinski definition) is 2. The van der Waals surface area contributed by atoms with Crippen molar-refractivity contribution in [2.24, 2.45) is 0 Å². The topological polar surface area (TPSA) is 62.5 Å². The number of aromatic nitrogens is 1. The molecule has 0 aliphatic rings. The highest BCUT2D eigenvalue weighted by molar-refractivity contribution is 5.85. The first-order valence-corrected chi connectivity index (χ1v) is 4.83. The number of rotatable bonds is 3. The maximum atomic E-state index is 10.9. The summed E-state index contributed by atoms with van der Waals surface area (Å²) in [6.07, 6.45) is 1.72. The number of nitrogens with zero attached hydrogens (tertiary/aromatic N) is 1. The van der Waals surface area contributed by atoms with Gasteiger partial charge in [0.25, 0.3) is 0 Å². The molecule has 16 heavy (non-hydrogen) atoms. The largest absolute Gasteiger partial charge is 0.508 e. The fourth-order valence-corrected chi connectivity index (χ4v) is 1.54. The van der Waals surface area contributed by atoms with Crippen molar-refractivity contribution in [1.29, 1.82) is 0 Å². The van der Waals surface area contributed by atoms with Gasteiger partial charge in [-0.1, -0.05) is 12.1 Å². The molecule has 0 fully saturated rings. The van der Waals surface area contributed by atoms with Crippen LogP contribution in [-0.4, -0.2) is 20.7 Å². The van der Waals surface area contributed by atoms with Crippen LogP contribution >= 0.6 is 0 Å². The number of carboxylic acids is 1. The summed E-state index contributed by atoms with van der Waals surface area (Å²) in [6, 6.07) is 9.95. The molecule has 0 bridgehead atoms. The average molecular weight is 217 g/mol. The van der Waals surface area contributed by atoms with Crippen molar-refractivity contribution in [2.45, 2.75) is 6.54 Å². The van der Waals surface area contributed by atoms with Gasteiger partial charge < -0.3 is 14.8 Å². The quantitative estimate of drug-likeness (QED) is 0.825. The number of phenolic OH excluding ortho intramolecular Hbond substituents is 1. The molecule has 1 aromatic carbocycles. The summed E-state index contributed by atoms with van der Waals surface area (Å²) in [6.45, 7) is 0.481. The minimum Gasteiger partial charge on any atom is -0.508 e. The SMILES string of the molecule is O=C(O)c1cccn1Cc1ccc(O)cc1. The third-order valence-corrected chi connectivity index (χ3v) is 2.34. The van der Waals surface area contributed by atoms with Crippen LogP contribution in [0.1, 0.15) is 16.1 Å². The van der Waals surface area contributed by atoms with Crippen molar-refractivity contribution >= 4 is 5.97 Å². The van der Waals surface area contributed by atoms with Gasteiger partial charge in [0.15, 0.2) is 0 Å². The second kappa shape index (κ2) is 4.10. The Bertz CT molecular complexity index is 499. The van der Waals surface area contributed by atoms with Crippen molar-refractivity contribution in [3.63, 3.8) is 0 Å². The molecule has 0 unspecified atom stereocenters. The van der Waals surface area contributed by atoms with Crippen molar-refractivity contribution in [3.05, 3.63) is 53.9 Å². The van der Waals surface area contributed by atoms with Crippen LogP contribution < -0.4 is 0 Å². The minimum atomic E-state index is -0.941. The highest BCUT2D eigenvalue weighted by Crippen LogP contribution is 2.12. The van der Waals surface area contributed by atoms with Crippen LogP contribution in [0.5, 0.6) is 5.75 Å². The van der Waals surface area contributed by atoms with E-state index < -0.39 is 5.97 Å². The van der Waals surface area contributed by atoms with Crippen LogP contribution in [0.3, 0.4) is 0 Å². The number of carboxylic acid groups (broad SMARTS) is 1. The van der Waals surface area contributed by atoms with Crippen LogP contribution in [0.25, 0.3) is 0 Å². The van der Waals surface area contributed by atoms with Crippen LogP contribution in [0, 0.1) is 0 Å². The fourth-order valence-electron chi connectivity index (χ4n) is 1.54. The first-order valence-electron chi connectivity index (χ1n) is 4.83. The van der Waals surface area contributed by atoms with E-state index in [1.54, 1.807) is 47.2 Å². The van der Waals surface area contributed by atoms with Crippen LogP contribution in [0.2, 0.25) is 0 Å². The number of aromatic carboxylic acids is 1. The van der Waals surface area contributed by atoms with Gasteiger partial charge in [0.2, 0.25) is 0 Å². The molecule has 1 heterocycles. The molecular weight excluding hydrogens is 206 g/mol. The molecule has 82 valence electrons. The van der Waals surface area contributed by atoms with E-state index in [1.165, 1.54) is 0 Å². The van der Waals surface area contributed by atoms with Gasteiger partial charge in [-0.25, -0.2) is 4.79 Å². The van der Waals surface area contributed by atoms with Gasteiger partial charge >= 0.3 is 5.97 Å². The van der Waals surface area contributed by atoms with Gasteiger partial charge in [0.05, 0.1) is 0 Å². The zero-order valence-corrected chi connectivity index (χ0v) is 8.50. The van der Waals surface area contributed by atoms with E-state index in [0.29, 0.717) is 6.54 Å². The minimum absolute atomic E-state index is 0.203. The van der Waals surface area contributed by atoms with E-state index in [0.717, 1.165) is 5.56 Å². The first kappa shape index (κ1) is 10.3. The smallest absolute Gasteiger partial charge is 0.352 e. The number of benzene rings is 1. The molecule has 4 heteroatoms. The van der Waals surface area contributed by atoms with Gasteiger partial charge in [-0.05, 0) is 29.8 Å². The van der Waals surface area contributed by atoms with E-state index in [9.17, 15) is 4.79 Å². The van der Waals surface area contributed by atoms with Gasteiger partial charge in [-0.3, -0.25) is 0 Å². The lowest BCUT2D eigenvalue weighted by Crippen LogP contribution is -2.08. The molecule has 2 N–H and O–H groups in total. The molecule has 1 aromatic heterocycles. The molecule has 0 saturated carbocycles. The summed E-state index contributed by atoms with van der Waals surface area (Å²) in [5.41, 5.74) is 1.20. The average Bonchev–Trinajstić information content (AvgIpc) is 2.69. The van der Waals surface area contributed by atoms with Crippen molar-refractivity contribution in [2.75, 3.05) is 0 Å². The summed E-state index contributed by atoms with van der Waals surface area (Å²) in [5.74, 6) is -0.738. The number of carbonyl (C=O) groups is 1. The zero-order chi connectivity index (χ0) is 11.5. The third-order valence-electron chi connectivity index (χ3n) is 2.34. The number of phenols is 1. The molecule has 2 aromatic rings. The Hall–Kier alpha value is -2.23. The molecule has 0 spiro atoms. The second-order valence-corrected chi connectivity index (χ2v) is 3.49. The molecular formula is C12H11NO3. The maximum absolute atomic E-state index is 10.9. The highest BCUT2D eigenvalue weighted by atomic mass is 16.4. The normalized spacial score (nSPS) is 10.2.